The van der Waals surface area contributed by atoms with Crippen LogP contribution in [0.5, 0.6) is 0 Å². The van der Waals surface area contributed by atoms with E-state index in [1.807, 2.05) is 35.9 Å². The number of aryl methyl sites for hydroxylation is 1. The summed E-state index contributed by atoms with van der Waals surface area (Å²) in [6.45, 7) is 0. The molecule has 1 aromatic carbocycles. The largest absolute Gasteiger partial charge is 0.465 e. The number of hydrogen-bond donors (Lipinski definition) is 0. The summed E-state index contributed by atoms with van der Waals surface area (Å²) in [6.07, 6.45) is 1.68. The lowest BCUT2D eigenvalue weighted by Gasteiger charge is -2.04. The number of fused-ring (bicyclic) bond motifs is 1. The van der Waals surface area contributed by atoms with Gasteiger partial charge in [-0.3, -0.25) is 0 Å². The molecule has 0 aliphatic rings. The fraction of sp³-hybridized carbons (Fsp3) is 0.167. The Kier molecular flexibility index (Phi) is 2.79. The number of carbonyl (C=O) groups excluding carboxylic acids is 1. The van der Waals surface area contributed by atoms with Crippen LogP contribution in [0.4, 0.5) is 0 Å². The number of nitrogens with zero attached hydrogens (tertiary/aromatic N) is 1. The van der Waals surface area contributed by atoms with Crippen LogP contribution in [0.15, 0.2) is 30.5 Å². The minimum absolute atomic E-state index is 0.380. The van der Waals surface area contributed by atoms with E-state index in [-0.39, 0.29) is 0 Å². The molecule has 0 N–H and O–H groups in total. The molecule has 1 heterocycles. The highest BCUT2D eigenvalue weighted by Gasteiger charge is 2.19. The monoisotopic (exact) mass is 236 g/mol. The van der Waals surface area contributed by atoms with Gasteiger partial charge in [-0.15, -0.1) is 0 Å². The Labute approximate surface area is 98.2 Å². The van der Waals surface area contributed by atoms with E-state index in [9.17, 15) is 4.79 Å². The molecular formula is C12H11ClNO2+. The summed E-state index contributed by atoms with van der Waals surface area (Å²) in [5.41, 5.74) is 1.35. The van der Waals surface area contributed by atoms with E-state index < -0.39 is 5.97 Å². The fourth-order valence-corrected chi connectivity index (χ4v) is 1.97. The fourth-order valence-electron chi connectivity index (χ4n) is 1.68. The third-order valence-electron chi connectivity index (χ3n) is 2.49. The molecule has 3 nitrogen and oxygen atoms in total. The standard InChI is InChI=1S/C12H11ClNO2/c1-14-7-9(12(15)16-2)11(13)8-5-3-4-6-10(8)14/h3-7H,1-2H3/q+1. The van der Waals surface area contributed by atoms with Crippen molar-refractivity contribution in [2.45, 2.75) is 0 Å². The molecule has 4 heteroatoms. The summed E-state index contributed by atoms with van der Waals surface area (Å²) in [6, 6.07) is 7.64. The maximum absolute atomic E-state index is 11.5. The molecule has 0 saturated carbocycles. The van der Waals surface area contributed by atoms with Gasteiger partial charge < -0.3 is 4.74 Å². The van der Waals surface area contributed by atoms with E-state index in [0.29, 0.717) is 10.6 Å². The van der Waals surface area contributed by atoms with Gasteiger partial charge in [0.1, 0.15) is 12.6 Å². The van der Waals surface area contributed by atoms with Crippen LogP contribution in [0, 0.1) is 0 Å². The van der Waals surface area contributed by atoms with Gasteiger partial charge in [0.25, 0.3) is 0 Å². The van der Waals surface area contributed by atoms with Gasteiger partial charge in [0, 0.05) is 6.07 Å². The van der Waals surface area contributed by atoms with Gasteiger partial charge in [0.05, 0.1) is 17.5 Å². The highest BCUT2D eigenvalue weighted by Crippen LogP contribution is 2.24. The molecule has 0 aliphatic carbocycles. The van der Waals surface area contributed by atoms with Crippen LogP contribution in [0.25, 0.3) is 10.9 Å². The number of hydrogen-bond acceptors (Lipinski definition) is 2. The Balaban J connectivity index is 2.80. The van der Waals surface area contributed by atoms with E-state index in [2.05, 4.69) is 4.74 Å². The number of benzene rings is 1. The van der Waals surface area contributed by atoms with Gasteiger partial charge in [0.2, 0.25) is 5.52 Å². The van der Waals surface area contributed by atoms with Gasteiger partial charge in [-0.05, 0) is 6.07 Å². The predicted octanol–water partition coefficient (Wildman–Crippen LogP) is 2.10. The molecule has 2 aromatic rings. The first kappa shape index (κ1) is 10.9. The molecule has 82 valence electrons. The zero-order chi connectivity index (χ0) is 11.7. The number of pyridine rings is 1. The van der Waals surface area contributed by atoms with Crippen molar-refractivity contribution in [3.63, 3.8) is 0 Å². The molecule has 0 spiro atoms. The highest BCUT2D eigenvalue weighted by atomic mass is 35.5. The summed E-state index contributed by atoms with van der Waals surface area (Å²) < 4.78 is 6.54. The molecule has 16 heavy (non-hydrogen) atoms. The summed E-state index contributed by atoms with van der Waals surface area (Å²) in [5.74, 6) is -0.425. The molecule has 0 amide bonds. The van der Waals surface area contributed by atoms with Crippen molar-refractivity contribution in [3.8, 4) is 0 Å². The molecule has 1 aromatic heterocycles. The highest BCUT2D eigenvalue weighted by molar-refractivity contribution is 6.37. The van der Waals surface area contributed by atoms with Crippen LogP contribution < -0.4 is 4.57 Å². The Bertz CT molecular complexity index is 566. The summed E-state index contributed by atoms with van der Waals surface area (Å²) >= 11 is 6.17. The second kappa shape index (κ2) is 4.10. The van der Waals surface area contributed by atoms with Crippen molar-refractivity contribution >= 4 is 28.5 Å². The molecule has 0 fully saturated rings. The number of carbonyl (C=O) groups is 1. The molecule has 0 unspecified atom stereocenters. The lowest BCUT2D eigenvalue weighted by atomic mass is 10.1. The van der Waals surface area contributed by atoms with E-state index in [1.54, 1.807) is 6.20 Å². The predicted molar refractivity (Wildman–Crippen MR) is 61.5 cm³/mol. The third-order valence-corrected chi connectivity index (χ3v) is 2.89. The van der Waals surface area contributed by atoms with Crippen molar-refractivity contribution < 1.29 is 14.1 Å². The van der Waals surface area contributed by atoms with Crippen molar-refractivity contribution in [1.29, 1.82) is 0 Å². The topological polar surface area (TPSA) is 30.2 Å². The van der Waals surface area contributed by atoms with Crippen LogP contribution in [0.1, 0.15) is 10.4 Å². The molecule has 0 bridgehead atoms. The first-order chi connectivity index (χ1) is 7.65. The quantitative estimate of drug-likeness (QED) is 0.561. The number of rotatable bonds is 1. The molecule has 0 saturated heterocycles. The van der Waals surface area contributed by atoms with Gasteiger partial charge in [-0.25, -0.2) is 9.36 Å². The van der Waals surface area contributed by atoms with Crippen molar-refractivity contribution in [2.75, 3.05) is 7.11 Å². The van der Waals surface area contributed by atoms with Crippen LogP contribution in [0.3, 0.4) is 0 Å². The second-order valence-corrected chi connectivity index (χ2v) is 3.85. The average Bonchev–Trinajstić information content (AvgIpc) is 2.33. The van der Waals surface area contributed by atoms with Crippen molar-refractivity contribution in [2.24, 2.45) is 7.05 Å². The minimum Gasteiger partial charge on any atom is -0.465 e. The molecular weight excluding hydrogens is 226 g/mol. The minimum atomic E-state index is -0.425. The molecule has 0 aliphatic heterocycles. The molecule has 0 radical (unpaired) electrons. The van der Waals surface area contributed by atoms with Crippen molar-refractivity contribution in [1.82, 2.24) is 0 Å². The smallest absolute Gasteiger partial charge is 0.345 e. The lowest BCUT2D eigenvalue weighted by Crippen LogP contribution is -2.30. The lowest BCUT2D eigenvalue weighted by molar-refractivity contribution is -0.645. The first-order valence-electron chi connectivity index (χ1n) is 4.80. The number of esters is 1. The second-order valence-electron chi connectivity index (χ2n) is 3.48. The number of methoxy groups -OCH3 is 1. The summed E-state index contributed by atoms with van der Waals surface area (Å²) in [5, 5.41) is 1.27. The summed E-state index contributed by atoms with van der Waals surface area (Å²) in [7, 11) is 3.21. The van der Waals surface area contributed by atoms with Crippen LogP contribution >= 0.6 is 11.6 Å². The van der Waals surface area contributed by atoms with Gasteiger partial charge in [-0.2, -0.15) is 0 Å². The van der Waals surface area contributed by atoms with E-state index in [1.165, 1.54) is 7.11 Å². The average molecular weight is 237 g/mol. The van der Waals surface area contributed by atoms with Crippen LogP contribution in [-0.4, -0.2) is 13.1 Å². The number of aromatic nitrogens is 1. The number of halogens is 1. The zero-order valence-electron chi connectivity index (χ0n) is 9.03. The molecule has 2 rings (SSSR count). The number of ether oxygens (including phenoxy) is 1. The maximum Gasteiger partial charge on any atom is 0.345 e. The molecule has 0 atom stereocenters. The van der Waals surface area contributed by atoms with Gasteiger partial charge >= 0.3 is 5.97 Å². The Hall–Kier alpha value is -1.61. The number of para-hydroxylation sites is 1. The van der Waals surface area contributed by atoms with Crippen LogP contribution in [0.2, 0.25) is 5.02 Å². The normalized spacial score (nSPS) is 10.4. The van der Waals surface area contributed by atoms with E-state index in [4.69, 9.17) is 11.6 Å². The van der Waals surface area contributed by atoms with Gasteiger partial charge in [-0.1, -0.05) is 23.7 Å². The van der Waals surface area contributed by atoms with Crippen LogP contribution in [-0.2, 0) is 11.8 Å². The maximum atomic E-state index is 11.5. The summed E-state index contributed by atoms with van der Waals surface area (Å²) in [4.78, 5) is 11.5. The van der Waals surface area contributed by atoms with E-state index in [0.717, 1.165) is 10.9 Å². The third kappa shape index (κ3) is 1.63. The van der Waals surface area contributed by atoms with E-state index >= 15 is 0 Å². The zero-order valence-corrected chi connectivity index (χ0v) is 9.78. The Morgan fingerprint density at radius 3 is 2.75 bits per heavy atom. The Morgan fingerprint density at radius 2 is 2.06 bits per heavy atom. The Morgan fingerprint density at radius 1 is 1.38 bits per heavy atom. The van der Waals surface area contributed by atoms with Crippen molar-refractivity contribution in [3.05, 3.63) is 41.0 Å². The first-order valence-corrected chi connectivity index (χ1v) is 5.18. The SMILES string of the molecule is COC(=O)c1c[n+](C)c2ccccc2c1Cl. The van der Waals surface area contributed by atoms with Gasteiger partial charge in [0.15, 0.2) is 6.20 Å².